The lowest BCUT2D eigenvalue weighted by molar-refractivity contribution is -0.115. The Balaban J connectivity index is 2.40. The van der Waals surface area contributed by atoms with Crippen LogP contribution in [-0.4, -0.2) is 26.6 Å². The van der Waals surface area contributed by atoms with E-state index in [1.165, 1.54) is 10.6 Å². The van der Waals surface area contributed by atoms with Gasteiger partial charge in [-0.2, -0.15) is 0 Å². The average Bonchev–Trinajstić information content (AvgIpc) is 3.14. The summed E-state index contributed by atoms with van der Waals surface area (Å²) in [6.07, 6.45) is 3.28. The summed E-state index contributed by atoms with van der Waals surface area (Å²) in [7, 11) is -3.34. The molecule has 0 bridgehead atoms. The van der Waals surface area contributed by atoms with Crippen molar-refractivity contribution in [3.8, 4) is 0 Å². The molecule has 2 rings (SSSR count). The molecular formula is C13H18N2O3S. The van der Waals surface area contributed by atoms with Gasteiger partial charge in [0.1, 0.15) is 0 Å². The number of carbonyl (C=O) groups excluding carboxylic acids is 1. The monoisotopic (exact) mass is 282 g/mol. The molecule has 5 nitrogen and oxygen atoms in total. The Morgan fingerprint density at radius 1 is 1.37 bits per heavy atom. The van der Waals surface area contributed by atoms with Crippen LogP contribution in [-0.2, 0) is 14.8 Å². The van der Waals surface area contributed by atoms with Gasteiger partial charge < -0.3 is 5.32 Å². The van der Waals surface area contributed by atoms with Gasteiger partial charge in [0.25, 0.3) is 0 Å². The van der Waals surface area contributed by atoms with Gasteiger partial charge >= 0.3 is 0 Å². The fourth-order valence-electron chi connectivity index (χ4n) is 1.97. The van der Waals surface area contributed by atoms with E-state index in [-0.39, 0.29) is 11.9 Å². The van der Waals surface area contributed by atoms with Crippen LogP contribution in [0.1, 0.15) is 26.2 Å². The van der Waals surface area contributed by atoms with Crippen molar-refractivity contribution in [3.05, 3.63) is 24.3 Å². The Morgan fingerprint density at radius 2 is 2.00 bits per heavy atom. The number of carbonyl (C=O) groups is 1. The van der Waals surface area contributed by atoms with E-state index in [0.29, 0.717) is 17.8 Å². The van der Waals surface area contributed by atoms with Crippen molar-refractivity contribution >= 4 is 27.3 Å². The van der Waals surface area contributed by atoms with Gasteiger partial charge in [0, 0.05) is 12.5 Å². The van der Waals surface area contributed by atoms with E-state index in [0.717, 1.165) is 12.8 Å². The topological polar surface area (TPSA) is 66.5 Å². The first-order chi connectivity index (χ1) is 8.93. The number of benzene rings is 1. The molecule has 1 aliphatic carbocycles. The molecule has 19 heavy (non-hydrogen) atoms. The van der Waals surface area contributed by atoms with Gasteiger partial charge in [-0.1, -0.05) is 19.1 Å². The summed E-state index contributed by atoms with van der Waals surface area (Å²) in [6.45, 7) is 1.76. The Kier molecular flexibility index (Phi) is 3.80. The van der Waals surface area contributed by atoms with Crippen molar-refractivity contribution in [2.45, 2.75) is 32.2 Å². The molecular weight excluding hydrogens is 264 g/mol. The van der Waals surface area contributed by atoms with Gasteiger partial charge in [0.15, 0.2) is 0 Å². The minimum Gasteiger partial charge on any atom is -0.324 e. The van der Waals surface area contributed by atoms with E-state index in [1.54, 1.807) is 31.2 Å². The van der Waals surface area contributed by atoms with Crippen molar-refractivity contribution in [3.63, 3.8) is 0 Å². The van der Waals surface area contributed by atoms with Crippen LogP contribution >= 0.6 is 0 Å². The van der Waals surface area contributed by atoms with Gasteiger partial charge in [0.05, 0.1) is 17.6 Å². The predicted octanol–water partition coefficient (Wildman–Crippen LogP) is 1.96. The summed E-state index contributed by atoms with van der Waals surface area (Å²) in [4.78, 5) is 11.5. The Hall–Kier alpha value is -1.56. The predicted molar refractivity (Wildman–Crippen MR) is 75.7 cm³/mol. The lowest BCUT2D eigenvalue weighted by atomic mass is 10.2. The largest absolute Gasteiger partial charge is 0.324 e. The molecule has 1 aromatic rings. The Labute approximate surface area is 113 Å². The normalized spacial score (nSPS) is 15.1. The highest BCUT2D eigenvalue weighted by atomic mass is 32.2. The second-order valence-electron chi connectivity index (χ2n) is 4.71. The van der Waals surface area contributed by atoms with Gasteiger partial charge in [-0.05, 0) is 25.0 Å². The number of para-hydroxylation sites is 2. The number of hydrogen-bond acceptors (Lipinski definition) is 3. The van der Waals surface area contributed by atoms with Gasteiger partial charge in [-0.25, -0.2) is 8.42 Å². The fourth-order valence-corrected chi connectivity index (χ4v) is 3.23. The Morgan fingerprint density at radius 3 is 2.53 bits per heavy atom. The molecule has 1 saturated carbocycles. The van der Waals surface area contributed by atoms with Crippen LogP contribution in [0.15, 0.2) is 24.3 Å². The standard InChI is InChI=1S/C13H18N2O3S/c1-3-13(16)14-11-6-4-5-7-12(11)15(10-8-9-10)19(2,17)18/h4-7,10H,3,8-9H2,1-2H3,(H,14,16). The lowest BCUT2D eigenvalue weighted by Crippen LogP contribution is -2.32. The summed E-state index contributed by atoms with van der Waals surface area (Å²) in [5.41, 5.74) is 1.10. The minimum atomic E-state index is -3.34. The molecule has 0 saturated heterocycles. The van der Waals surface area contributed by atoms with Crippen LogP contribution in [0.25, 0.3) is 0 Å². The molecule has 0 heterocycles. The van der Waals surface area contributed by atoms with Crippen molar-refractivity contribution < 1.29 is 13.2 Å². The number of anilines is 2. The molecule has 0 spiro atoms. The summed E-state index contributed by atoms with van der Waals surface area (Å²) in [5.74, 6) is -0.128. The third kappa shape index (κ3) is 3.26. The molecule has 1 amide bonds. The van der Waals surface area contributed by atoms with Crippen molar-refractivity contribution in [1.29, 1.82) is 0 Å². The molecule has 1 aromatic carbocycles. The van der Waals surface area contributed by atoms with Gasteiger partial charge in [-0.15, -0.1) is 0 Å². The zero-order chi connectivity index (χ0) is 14.0. The van der Waals surface area contributed by atoms with E-state index in [9.17, 15) is 13.2 Å². The molecule has 1 fully saturated rings. The maximum absolute atomic E-state index is 11.9. The second kappa shape index (κ2) is 5.21. The van der Waals surface area contributed by atoms with Crippen molar-refractivity contribution in [2.24, 2.45) is 0 Å². The zero-order valence-corrected chi connectivity index (χ0v) is 11.9. The number of amides is 1. The first-order valence-electron chi connectivity index (χ1n) is 6.31. The number of nitrogens with one attached hydrogen (secondary N) is 1. The lowest BCUT2D eigenvalue weighted by Gasteiger charge is -2.24. The SMILES string of the molecule is CCC(=O)Nc1ccccc1N(C1CC1)S(C)(=O)=O. The molecule has 0 aliphatic heterocycles. The van der Waals surface area contributed by atoms with Gasteiger partial charge in [-0.3, -0.25) is 9.10 Å². The van der Waals surface area contributed by atoms with Crippen LogP contribution in [0.5, 0.6) is 0 Å². The smallest absolute Gasteiger partial charge is 0.232 e. The van der Waals surface area contributed by atoms with E-state index in [2.05, 4.69) is 5.32 Å². The quantitative estimate of drug-likeness (QED) is 0.897. The fraction of sp³-hybridized carbons (Fsp3) is 0.462. The zero-order valence-electron chi connectivity index (χ0n) is 11.1. The number of rotatable bonds is 5. The Bertz CT molecular complexity index is 579. The third-order valence-electron chi connectivity index (χ3n) is 2.97. The molecule has 0 atom stereocenters. The molecule has 0 aromatic heterocycles. The number of nitrogens with zero attached hydrogens (tertiary/aromatic N) is 1. The third-order valence-corrected chi connectivity index (χ3v) is 4.18. The summed E-state index contributed by atoms with van der Waals surface area (Å²) < 4.78 is 25.3. The van der Waals surface area contributed by atoms with Crippen molar-refractivity contribution in [1.82, 2.24) is 0 Å². The average molecular weight is 282 g/mol. The second-order valence-corrected chi connectivity index (χ2v) is 6.57. The minimum absolute atomic E-state index is 0.0229. The molecule has 104 valence electrons. The maximum atomic E-state index is 11.9. The number of hydrogen-bond donors (Lipinski definition) is 1. The highest BCUT2D eigenvalue weighted by Crippen LogP contribution is 2.37. The van der Waals surface area contributed by atoms with E-state index < -0.39 is 10.0 Å². The van der Waals surface area contributed by atoms with Crippen molar-refractivity contribution in [2.75, 3.05) is 15.9 Å². The highest BCUT2D eigenvalue weighted by molar-refractivity contribution is 7.92. The van der Waals surface area contributed by atoms with Crippen LogP contribution < -0.4 is 9.62 Å². The maximum Gasteiger partial charge on any atom is 0.232 e. The van der Waals surface area contributed by atoms with Crippen LogP contribution in [0, 0.1) is 0 Å². The highest BCUT2D eigenvalue weighted by Gasteiger charge is 2.36. The summed E-state index contributed by atoms with van der Waals surface area (Å²) in [5, 5.41) is 2.75. The summed E-state index contributed by atoms with van der Waals surface area (Å²) in [6, 6.07) is 7.03. The molecule has 0 radical (unpaired) electrons. The van der Waals surface area contributed by atoms with Crippen LogP contribution in [0.4, 0.5) is 11.4 Å². The van der Waals surface area contributed by atoms with E-state index in [1.807, 2.05) is 0 Å². The molecule has 0 unspecified atom stereocenters. The molecule has 1 aliphatic rings. The van der Waals surface area contributed by atoms with Crippen LogP contribution in [0.3, 0.4) is 0 Å². The van der Waals surface area contributed by atoms with Gasteiger partial charge in [0.2, 0.25) is 15.9 Å². The number of sulfonamides is 1. The van der Waals surface area contributed by atoms with E-state index in [4.69, 9.17) is 0 Å². The molecule has 1 N–H and O–H groups in total. The summed E-state index contributed by atoms with van der Waals surface area (Å²) >= 11 is 0. The molecule has 6 heteroatoms. The first-order valence-corrected chi connectivity index (χ1v) is 8.16. The first kappa shape index (κ1) is 13.9. The van der Waals surface area contributed by atoms with E-state index >= 15 is 0 Å². The van der Waals surface area contributed by atoms with Crippen LogP contribution in [0.2, 0.25) is 0 Å².